The average molecular weight is 380 g/mol. The number of carbonyl (C=O) groups is 2. The van der Waals surface area contributed by atoms with Crippen molar-refractivity contribution in [3.63, 3.8) is 0 Å². The summed E-state index contributed by atoms with van der Waals surface area (Å²) in [7, 11) is 0. The molecular weight excluding hydrogens is 365 g/mol. The highest BCUT2D eigenvalue weighted by molar-refractivity contribution is 9.10. The quantitative estimate of drug-likeness (QED) is 0.791. The topological polar surface area (TPSA) is 55.4 Å². The molecule has 0 spiro atoms. The van der Waals surface area contributed by atoms with E-state index in [1.807, 2.05) is 12.1 Å². The van der Waals surface area contributed by atoms with Crippen LogP contribution in [0.1, 0.15) is 12.8 Å². The van der Waals surface area contributed by atoms with Gasteiger partial charge in [0, 0.05) is 23.0 Å². The van der Waals surface area contributed by atoms with Crippen LogP contribution in [0, 0.1) is 5.82 Å². The van der Waals surface area contributed by atoms with Gasteiger partial charge >= 0.3 is 0 Å². The fourth-order valence-corrected chi connectivity index (χ4v) is 2.04. The van der Waals surface area contributed by atoms with Gasteiger partial charge in [0.2, 0.25) is 5.91 Å². The summed E-state index contributed by atoms with van der Waals surface area (Å²) in [4.78, 5) is 23.5. The van der Waals surface area contributed by atoms with Crippen LogP contribution >= 0.6 is 15.9 Å². The molecular formula is C17H15BrFNO3. The summed E-state index contributed by atoms with van der Waals surface area (Å²) >= 11 is 3.31. The third-order valence-corrected chi connectivity index (χ3v) is 3.50. The highest BCUT2D eigenvalue weighted by atomic mass is 79.9. The zero-order chi connectivity index (χ0) is 16.7. The smallest absolute Gasteiger partial charge is 0.224 e. The molecule has 0 aliphatic carbocycles. The summed E-state index contributed by atoms with van der Waals surface area (Å²) < 4.78 is 18.9. The second kappa shape index (κ2) is 8.43. The fourth-order valence-electron chi connectivity index (χ4n) is 1.78. The summed E-state index contributed by atoms with van der Waals surface area (Å²) in [6.45, 7) is -0.142. The first-order valence-electron chi connectivity index (χ1n) is 6.98. The number of benzene rings is 2. The number of anilines is 1. The van der Waals surface area contributed by atoms with Gasteiger partial charge in [-0.1, -0.05) is 15.9 Å². The first-order chi connectivity index (χ1) is 11.0. The van der Waals surface area contributed by atoms with Gasteiger partial charge < -0.3 is 10.1 Å². The standard InChI is InChI=1S/C17H15BrFNO3/c18-12-1-5-14(6-2-12)20-17(22)10-7-15(21)11-23-16-8-3-13(19)4-9-16/h1-6,8-9H,7,10-11H2,(H,20,22). The first kappa shape index (κ1) is 17.1. The van der Waals surface area contributed by atoms with E-state index in [4.69, 9.17) is 4.74 Å². The monoisotopic (exact) mass is 379 g/mol. The van der Waals surface area contributed by atoms with E-state index in [2.05, 4.69) is 21.2 Å². The molecule has 0 saturated heterocycles. The van der Waals surface area contributed by atoms with Crippen LogP contribution in [-0.4, -0.2) is 18.3 Å². The van der Waals surface area contributed by atoms with E-state index in [1.165, 1.54) is 24.3 Å². The molecule has 23 heavy (non-hydrogen) atoms. The van der Waals surface area contributed by atoms with Crippen molar-refractivity contribution >= 4 is 33.3 Å². The van der Waals surface area contributed by atoms with Crippen LogP contribution in [0.25, 0.3) is 0 Å². The molecule has 0 aromatic heterocycles. The van der Waals surface area contributed by atoms with Crippen LogP contribution in [0.5, 0.6) is 5.75 Å². The number of hydrogen-bond donors (Lipinski definition) is 1. The van der Waals surface area contributed by atoms with Crippen molar-refractivity contribution < 1.29 is 18.7 Å². The van der Waals surface area contributed by atoms with Crippen molar-refractivity contribution in [1.82, 2.24) is 0 Å². The lowest BCUT2D eigenvalue weighted by Crippen LogP contribution is -2.16. The summed E-state index contributed by atoms with van der Waals surface area (Å²) in [5, 5.41) is 2.71. The van der Waals surface area contributed by atoms with Gasteiger partial charge in [0.1, 0.15) is 18.2 Å². The van der Waals surface area contributed by atoms with Gasteiger partial charge in [0.15, 0.2) is 5.78 Å². The molecule has 0 radical (unpaired) electrons. The van der Waals surface area contributed by atoms with E-state index in [0.717, 1.165) is 4.47 Å². The van der Waals surface area contributed by atoms with Crippen molar-refractivity contribution in [2.45, 2.75) is 12.8 Å². The van der Waals surface area contributed by atoms with Gasteiger partial charge in [-0.15, -0.1) is 0 Å². The van der Waals surface area contributed by atoms with Crippen LogP contribution in [0.15, 0.2) is 53.0 Å². The Labute approximate surface area is 141 Å². The number of halogens is 2. The van der Waals surface area contributed by atoms with Gasteiger partial charge in [-0.2, -0.15) is 0 Å². The molecule has 120 valence electrons. The van der Waals surface area contributed by atoms with Crippen LogP contribution in [0.4, 0.5) is 10.1 Å². The minimum Gasteiger partial charge on any atom is -0.486 e. The van der Waals surface area contributed by atoms with Crippen molar-refractivity contribution in [2.24, 2.45) is 0 Å². The molecule has 6 heteroatoms. The molecule has 1 N–H and O–H groups in total. The molecule has 0 aliphatic heterocycles. The number of Topliss-reactive ketones (excluding diaryl/α,β-unsaturated/α-hetero) is 1. The van der Waals surface area contributed by atoms with Crippen molar-refractivity contribution in [3.8, 4) is 5.75 Å². The Morgan fingerprint density at radius 3 is 2.30 bits per heavy atom. The lowest BCUT2D eigenvalue weighted by Gasteiger charge is -2.06. The van der Waals surface area contributed by atoms with Crippen molar-refractivity contribution in [3.05, 3.63) is 58.8 Å². The predicted octanol–water partition coefficient (Wildman–Crippen LogP) is 3.96. The van der Waals surface area contributed by atoms with E-state index in [0.29, 0.717) is 11.4 Å². The number of rotatable bonds is 7. The van der Waals surface area contributed by atoms with E-state index >= 15 is 0 Å². The van der Waals surface area contributed by atoms with Crippen LogP contribution in [0.3, 0.4) is 0 Å². The molecule has 0 saturated carbocycles. The Morgan fingerprint density at radius 2 is 1.65 bits per heavy atom. The molecule has 0 aliphatic rings. The second-order valence-corrected chi connectivity index (χ2v) is 5.75. The minimum absolute atomic E-state index is 0.0850. The zero-order valence-electron chi connectivity index (χ0n) is 12.2. The Kier molecular flexibility index (Phi) is 6.29. The number of hydrogen-bond acceptors (Lipinski definition) is 3. The summed E-state index contributed by atoms with van der Waals surface area (Å²) in [5.41, 5.74) is 0.674. The van der Waals surface area contributed by atoms with Crippen molar-refractivity contribution in [2.75, 3.05) is 11.9 Å². The van der Waals surface area contributed by atoms with Crippen molar-refractivity contribution in [1.29, 1.82) is 0 Å². The van der Waals surface area contributed by atoms with Gasteiger partial charge in [0.25, 0.3) is 0 Å². The molecule has 0 heterocycles. The van der Waals surface area contributed by atoms with Gasteiger partial charge in [0.05, 0.1) is 0 Å². The molecule has 2 rings (SSSR count). The maximum Gasteiger partial charge on any atom is 0.224 e. The molecule has 0 bridgehead atoms. The number of nitrogens with one attached hydrogen (secondary N) is 1. The lowest BCUT2D eigenvalue weighted by atomic mass is 10.2. The normalized spacial score (nSPS) is 10.2. The number of amides is 1. The summed E-state index contributed by atoms with van der Waals surface area (Å²) in [5.74, 6) is -0.380. The van der Waals surface area contributed by atoms with E-state index < -0.39 is 0 Å². The third-order valence-electron chi connectivity index (χ3n) is 2.97. The number of ether oxygens (including phenoxy) is 1. The van der Waals surface area contributed by atoms with Gasteiger partial charge in [-0.3, -0.25) is 9.59 Å². The maximum atomic E-state index is 12.7. The maximum absolute atomic E-state index is 12.7. The average Bonchev–Trinajstić information content (AvgIpc) is 2.54. The zero-order valence-corrected chi connectivity index (χ0v) is 13.8. The van der Waals surface area contributed by atoms with Gasteiger partial charge in [-0.05, 0) is 48.5 Å². The van der Waals surface area contributed by atoms with Crippen LogP contribution < -0.4 is 10.1 Å². The van der Waals surface area contributed by atoms with Gasteiger partial charge in [-0.25, -0.2) is 4.39 Å². The number of ketones is 1. The lowest BCUT2D eigenvalue weighted by molar-refractivity contribution is -0.124. The third kappa shape index (κ3) is 6.20. The molecule has 0 unspecified atom stereocenters. The Balaban J connectivity index is 1.70. The second-order valence-electron chi connectivity index (χ2n) is 4.84. The Hall–Kier alpha value is -2.21. The highest BCUT2D eigenvalue weighted by Gasteiger charge is 2.08. The molecule has 1 amide bonds. The highest BCUT2D eigenvalue weighted by Crippen LogP contribution is 2.14. The molecule has 2 aromatic rings. The largest absolute Gasteiger partial charge is 0.486 e. The minimum atomic E-state index is -0.367. The van der Waals surface area contributed by atoms with E-state index in [-0.39, 0.29) is 37.0 Å². The Bertz CT molecular complexity index is 671. The predicted molar refractivity (Wildman–Crippen MR) is 88.9 cm³/mol. The molecule has 0 atom stereocenters. The number of carbonyl (C=O) groups excluding carboxylic acids is 2. The Morgan fingerprint density at radius 1 is 1.00 bits per heavy atom. The summed E-state index contributed by atoms with van der Waals surface area (Å²) in [6.07, 6.45) is 0.172. The fraction of sp³-hybridized carbons (Fsp3) is 0.176. The van der Waals surface area contributed by atoms with E-state index in [9.17, 15) is 14.0 Å². The SMILES string of the molecule is O=C(CCC(=O)Nc1ccc(Br)cc1)COc1ccc(F)cc1. The van der Waals surface area contributed by atoms with E-state index in [1.54, 1.807) is 12.1 Å². The molecule has 4 nitrogen and oxygen atoms in total. The molecule has 2 aromatic carbocycles. The van der Waals surface area contributed by atoms with Crippen LogP contribution in [-0.2, 0) is 9.59 Å². The molecule has 0 fully saturated rings. The summed E-state index contributed by atoms with van der Waals surface area (Å²) in [6, 6.07) is 12.6. The first-order valence-corrected chi connectivity index (χ1v) is 7.78. The van der Waals surface area contributed by atoms with Crippen LogP contribution in [0.2, 0.25) is 0 Å².